The lowest BCUT2D eigenvalue weighted by atomic mass is 9.78. The maximum Gasteiger partial charge on any atom is 0.152 e. The van der Waals surface area contributed by atoms with Crippen LogP contribution in [0.4, 0.5) is 4.39 Å². The Kier molecular flexibility index (Phi) is 5.56. The van der Waals surface area contributed by atoms with Crippen LogP contribution in [0.3, 0.4) is 0 Å². The second-order valence-corrected chi connectivity index (χ2v) is 10.7. The predicted octanol–water partition coefficient (Wildman–Crippen LogP) is 4.81. The minimum absolute atomic E-state index is 0.121. The minimum atomic E-state index is -0.208. The van der Waals surface area contributed by atoms with E-state index in [2.05, 4.69) is 39.6 Å². The van der Waals surface area contributed by atoms with Gasteiger partial charge in [0.1, 0.15) is 11.6 Å². The molecule has 6 nitrogen and oxygen atoms in total. The highest BCUT2D eigenvalue weighted by Gasteiger charge is 2.47. The van der Waals surface area contributed by atoms with Gasteiger partial charge >= 0.3 is 0 Å². The summed E-state index contributed by atoms with van der Waals surface area (Å²) in [6, 6.07) is 13.3. The third-order valence-electron chi connectivity index (χ3n) is 7.08. The molecule has 8 heteroatoms. The second kappa shape index (κ2) is 8.75. The largest absolute Gasteiger partial charge is 0.495 e. The molecule has 2 fully saturated rings. The van der Waals surface area contributed by atoms with Crippen molar-refractivity contribution in [3.8, 4) is 11.4 Å². The summed E-state index contributed by atoms with van der Waals surface area (Å²) in [4.78, 5) is 6.77. The molecule has 0 aliphatic carbocycles. The van der Waals surface area contributed by atoms with Crippen LogP contribution in [0.1, 0.15) is 29.3 Å². The number of methoxy groups -OCH3 is 1. The summed E-state index contributed by atoms with van der Waals surface area (Å²) >= 11 is 2.01. The fraction of sp³-hybridized carbons (Fsp3) is 0.333. The molecule has 0 radical (unpaired) electrons. The summed E-state index contributed by atoms with van der Waals surface area (Å²) in [7, 11) is 1.70. The zero-order valence-corrected chi connectivity index (χ0v) is 20.7. The fourth-order valence-corrected chi connectivity index (χ4v) is 6.47. The maximum atomic E-state index is 13.6. The van der Waals surface area contributed by atoms with Crippen molar-refractivity contribution in [1.29, 1.82) is 0 Å². The van der Waals surface area contributed by atoms with Gasteiger partial charge in [-0.25, -0.2) is 9.37 Å². The van der Waals surface area contributed by atoms with Gasteiger partial charge in [-0.1, -0.05) is 18.2 Å². The smallest absolute Gasteiger partial charge is 0.152 e. The fourth-order valence-electron chi connectivity index (χ4n) is 5.30. The Labute approximate surface area is 208 Å². The van der Waals surface area contributed by atoms with Crippen molar-refractivity contribution in [1.82, 2.24) is 19.9 Å². The molecule has 6 rings (SSSR count). The molecule has 1 unspecified atom stereocenters. The van der Waals surface area contributed by atoms with Gasteiger partial charge in [0.25, 0.3) is 0 Å². The number of rotatable bonds is 4. The molecule has 180 valence electrons. The number of amidine groups is 1. The Bertz CT molecular complexity index is 1310. The average molecular weight is 490 g/mol. The number of nitrogens with zero attached hydrogens (tertiary/aromatic N) is 4. The maximum absolute atomic E-state index is 13.6. The summed E-state index contributed by atoms with van der Waals surface area (Å²) in [5, 5.41) is 4.76. The van der Waals surface area contributed by atoms with Gasteiger partial charge in [-0.3, -0.25) is 0 Å². The van der Waals surface area contributed by atoms with E-state index in [4.69, 9.17) is 9.84 Å². The number of benzene rings is 2. The number of piperidine rings is 1. The van der Waals surface area contributed by atoms with Crippen LogP contribution in [0.15, 0.2) is 65.7 Å². The lowest BCUT2D eigenvalue weighted by molar-refractivity contribution is 0.173. The van der Waals surface area contributed by atoms with Crippen LogP contribution in [0.2, 0.25) is 0 Å². The van der Waals surface area contributed by atoms with Crippen molar-refractivity contribution in [2.24, 2.45) is 10.5 Å². The molecule has 3 aliphatic rings. The van der Waals surface area contributed by atoms with Crippen LogP contribution < -0.4 is 10.2 Å². The summed E-state index contributed by atoms with van der Waals surface area (Å²) in [6.07, 6.45) is 7.04. The molecule has 0 amide bonds. The topological polar surface area (TPSA) is 54.7 Å². The Morgan fingerprint density at radius 1 is 1.20 bits per heavy atom. The van der Waals surface area contributed by atoms with Crippen molar-refractivity contribution >= 4 is 23.7 Å². The van der Waals surface area contributed by atoms with E-state index in [1.807, 2.05) is 41.6 Å². The van der Waals surface area contributed by atoms with Crippen molar-refractivity contribution in [3.05, 3.63) is 83.2 Å². The number of ether oxygens (including phenoxy) is 1. The summed E-state index contributed by atoms with van der Waals surface area (Å²) < 4.78 is 21.3. The highest BCUT2D eigenvalue weighted by atomic mass is 32.2. The highest BCUT2D eigenvalue weighted by Crippen LogP contribution is 2.49. The minimum Gasteiger partial charge on any atom is -0.495 e. The number of hydrogen-bond acceptors (Lipinski definition) is 6. The Hall–Kier alpha value is -3.26. The summed E-state index contributed by atoms with van der Waals surface area (Å²) in [6.45, 7) is 3.66. The summed E-state index contributed by atoms with van der Waals surface area (Å²) in [5.74, 6) is 3.88. The lowest BCUT2D eigenvalue weighted by Crippen LogP contribution is -2.57. The molecular weight excluding hydrogens is 461 g/mol. The normalized spacial score (nSPS) is 21.8. The van der Waals surface area contributed by atoms with Crippen molar-refractivity contribution in [2.75, 3.05) is 31.7 Å². The van der Waals surface area contributed by atoms with Crippen LogP contribution >= 0.6 is 11.8 Å². The Morgan fingerprint density at radius 2 is 2.03 bits per heavy atom. The molecule has 1 aromatic heterocycles. The average Bonchev–Trinajstić information content (AvgIpc) is 3.29. The van der Waals surface area contributed by atoms with Crippen LogP contribution in [-0.4, -0.2) is 52.0 Å². The molecule has 1 spiro atoms. The van der Waals surface area contributed by atoms with E-state index >= 15 is 0 Å². The van der Waals surface area contributed by atoms with Gasteiger partial charge < -0.3 is 19.6 Å². The molecule has 1 atom stereocenters. The van der Waals surface area contributed by atoms with E-state index in [1.165, 1.54) is 5.57 Å². The lowest BCUT2D eigenvalue weighted by Gasteiger charge is -2.53. The van der Waals surface area contributed by atoms with Crippen LogP contribution in [0, 0.1) is 18.2 Å². The molecule has 3 aromatic rings. The van der Waals surface area contributed by atoms with E-state index in [0.717, 1.165) is 58.6 Å². The van der Waals surface area contributed by atoms with Crippen LogP contribution in [0.25, 0.3) is 11.8 Å². The number of thioether (sulfide) groups is 1. The third kappa shape index (κ3) is 4.10. The van der Waals surface area contributed by atoms with E-state index in [0.29, 0.717) is 6.54 Å². The molecule has 3 aliphatic heterocycles. The number of aryl methyl sites for hydroxylation is 1. The van der Waals surface area contributed by atoms with E-state index < -0.39 is 0 Å². The Morgan fingerprint density at radius 3 is 2.71 bits per heavy atom. The van der Waals surface area contributed by atoms with Gasteiger partial charge in [0.2, 0.25) is 0 Å². The first-order valence-electron chi connectivity index (χ1n) is 11.8. The number of hydrazone groups is 1. The van der Waals surface area contributed by atoms with Gasteiger partial charge in [-0.15, -0.1) is 0 Å². The number of fused-ring (bicyclic) bond motifs is 1. The predicted molar refractivity (Wildman–Crippen MR) is 138 cm³/mol. The summed E-state index contributed by atoms with van der Waals surface area (Å²) in [5.41, 5.74) is 8.84. The molecule has 0 saturated carbocycles. The number of hydrogen-bond donors (Lipinski definition) is 1. The molecule has 2 aromatic carbocycles. The van der Waals surface area contributed by atoms with Crippen LogP contribution in [0.5, 0.6) is 5.75 Å². The van der Waals surface area contributed by atoms with E-state index in [9.17, 15) is 4.39 Å². The first-order chi connectivity index (χ1) is 17.0. The van der Waals surface area contributed by atoms with Gasteiger partial charge in [-0.2, -0.15) is 16.9 Å². The van der Waals surface area contributed by atoms with Gasteiger partial charge in [0, 0.05) is 29.7 Å². The zero-order valence-electron chi connectivity index (χ0n) is 19.9. The molecule has 1 N–H and O–H groups in total. The SMILES string of the molecule is COc1cc(/C=C2\CC3(CSC3)CN3C2=NNCC3c2ccc(F)cc2)ccc1-n1cnc(C)c1. The number of nitrogens with one attached hydrogen (secondary N) is 1. The standard InChI is InChI=1S/C27H28FN5OS/c1-18-13-32(17-29-18)23-8-3-19(10-25(23)34-2)9-21-11-27(15-35-16-27)14-33-24(12-30-31-26(21)33)20-4-6-22(28)7-5-20/h3-10,13,17,24,30H,11-12,14-16H2,1-2H3/b21-9+. The third-order valence-corrected chi connectivity index (χ3v) is 8.72. The molecule has 2 saturated heterocycles. The second-order valence-electron chi connectivity index (χ2n) is 9.69. The highest BCUT2D eigenvalue weighted by molar-refractivity contribution is 8.00. The van der Waals surface area contributed by atoms with E-state index in [-0.39, 0.29) is 17.3 Å². The zero-order chi connectivity index (χ0) is 24.0. The first kappa shape index (κ1) is 22.2. The molecule has 35 heavy (non-hydrogen) atoms. The number of aromatic nitrogens is 2. The number of halogens is 1. The van der Waals surface area contributed by atoms with Crippen molar-refractivity contribution in [2.45, 2.75) is 19.4 Å². The molecular formula is C27H28FN5OS. The van der Waals surface area contributed by atoms with Gasteiger partial charge in [-0.05, 0) is 60.4 Å². The first-order valence-corrected chi connectivity index (χ1v) is 13.0. The number of imidazole rings is 1. The van der Waals surface area contributed by atoms with Crippen LogP contribution in [-0.2, 0) is 0 Å². The Balaban J connectivity index is 1.37. The quantitative estimate of drug-likeness (QED) is 0.570. The van der Waals surface area contributed by atoms with Crippen molar-refractivity contribution in [3.63, 3.8) is 0 Å². The van der Waals surface area contributed by atoms with Crippen molar-refractivity contribution < 1.29 is 9.13 Å². The molecule has 4 heterocycles. The monoisotopic (exact) mass is 489 g/mol. The van der Waals surface area contributed by atoms with Gasteiger partial charge in [0.15, 0.2) is 5.84 Å². The van der Waals surface area contributed by atoms with E-state index in [1.54, 1.807) is 25.6 Å². The van der Waals surface area contributed by atoms with Gasteiger partial charge in [0.05, 0.1) is 37.4 Å². The molecule has 0 bridgehead atoms.